The summed E-state index contributed by atoms with van der Waals surface area (Å²) in [5, 5.41) is 0. The van der Waals surface area contributed by atoms with Gasteiger partial charge in [-0.1, -0.05) is 18.7 Å². The normalized spacial score (nSPS) is 15.6. The molecule has 1 aliphatic carbocycles. The lowest BCUT2D eigenvalue weighted by atomic mass is 9.93. The average molecular weight is 150 g/mol. The van der Waals surface area contributed by atoms with E-state index in [1.807, 2.05) is 6.08 Å². The summed E-state index contributed by atoms with van der Waals surface area (Å²) in [5.41, 5.74) is 1.40. The zero-order valence-corrected chi connectivity index (χ0v) is 6.81. The van der Waals surface area contributed by atoms with E-state index in [-0.39, 0.29) is 0 Å². The fourth-order valence-electron chi connectivity index (χ4n) is 1.13. The zero-order valence-electron chi connectivity index (χ0n) is 6.81. The van der Waals surface area contributed by atoms with E-state index in [9.17, 15) is 0 Å². The number of rotatable bonds is 5. The molecule has 0 spiro atoms. The molecule has 60 valence electrons. The van der Waals surface area contributed by atoms with Gasteiger partial charge in [0.05, 0.1) is 5.76 Å². The molecule has 1 rings (SSSR count). The van der Waals surface area contributed by atoms with Crippen molar-refractivity contribution in [3.63, 3.8) is 0 Å². The minimum absolute atomic E-state index is 0.635. The third-order valence-electron chi connectivity index (χ3n) is 1.81. The first-order chi connectivity index (χ1) is 5.38. The van der Waals surface area contributed by atoms with Gasteiger partial charge in [-0.25, -0.2) is 0 Å². The van der Waals surface area contributed by atoms with Gasteiger partial charge >= 0.3 is 0 Å². The fourth-order valence-corrected chi connectivity index (χ4v) is 1.13. The van der Waals surface area contributed by atoms with Gasteiger partial charge in [0.15, 0.2) is 0 Å². The molecular weight excluding hydrogens is 136 g/mol. The first-order valence-electron chi connectivity index (χ1n) is 3.94. The third-order valence-corrected chi connectivity index (χ3v) is 1.81. The largest absolute Gasteiger partial charge is 0.494 e. The van der Waals surface area contributed by atoms with E-state index in [2.05, 4.69) is 13.2 Å². The van der Waals surface area contributed by atoms with Gasteiger partial charge in [0.25, 0.3) is 0 Å². The van der Waals surface area contributed by atoms with Crippen LogP contribution in [0.4, 0.5) is 0 Å². The number of ether oxygens (including phenoxy) is 1. The Kier molecular flexibility index (Phi) is 2.96. The van der Waals surface area contributed by atoms with Crippen LogP contribution in [-0.2, 0) is 4.74 Å². The van der Waals surface area contributed by atoms with Crippen molar-refractivity contribution in [3.8, 4) is 0 Å². The Bertz CT molecular complexity index is 189. The van der Waals surface area contributed by atoms with Crippen molar-refractivity contribution < 1.29 is 4.74 Å². The van der Waals surface area contributed by atoms with Crippen LogP contribution >= 0.6 is 0 Å². The molecule has 0 bridgehead atoms. The minimum Gasteiger partial charge on any atom is -0.494 e. The highest BCUT2D eigenvalue weighted by molar-refractivity contribution is 5.21. The Morgan fingerprint density at radius 1 is 1.27 bits per heavy atom. The number of hydrogen-bond acceptors (Lipinski definition) is 1. The lowest BCUT2D eigenvalue weighted by Crippen LogP contribution is -2.07. The van der Waals surface area contributed by atoms with Gasteiger partial charge in [0.2, 0.25) is 0 Å². The molecule has 1 nitrogen and oxygen atoms in total. The molecule has 1 aliphatic rings. The van der Waals surface area contributed by atoms with Crippen LogP contribution < -0.4 is 0 Å². The smallest absolute Gasteiger partial charge is 0.106 e. The van der Waals surface area contributed by atoms with Crippen LogP contribution in [0.2, 0.25) is 0 Å². The maximum atomic E-state index is 5.41. The van der Waals surface area contributed by atoms with Crippen LogP contribution in [0.25, 0.3) is 0 Å². The van der Waals surface area contributed by atoms with Gasteiger partial charge < -0.3 is 4.74 Å². The summed E-state index contributed by atoms with van der Waals surface area (Å²) in [6.45, 7) is 7.92. The predicted octanol–water partition coefficient (Wildman–Crippen LogP) is 2.81. The van der Waals surface area contributed by atoms with Crippen LogP contribution in [0.1, 0.15) is 19.3 Å². The maximum Gasteiger partial charge on any atom is 0.106 e. The molecule has 0 N–H and O–H groups in total. The van der Waals surface area contributed by atoms with Gasteiger partial charge in [0.1, 0.15) is 6.61 Å². The van der Waals surface area contributed by atoms with Crippen molar-refractivity contribution in [3.05, 3.63) is 36.6 Å². The van der Waals surface area contributed by atoms with E-state index in [4.69, 9.17) is 4.74 Å². The summed E-state index contributed by atoms with van der Waals surface area (Å²) in [4.78, 5) is 0. The van der Waals surface area contributed by atoms with Gasteiger partial charge in [-0.05, 0) is 18.4 Å². The molecule has 0 heterocycles. The Balaban J connectivity index is 2.37. The van der Waals surface area contributed by atoms with E-state index in [0.717, 1.165) is 18.6 Å². The summed E-state index contributed by atoms with van der Waals surface area (Å²) < 4.78 is 5.41. The van der Waals surface area contributed by atoms with E-state index in [0.29, 0.717) is 6.61 Å². The van der Waals surface area contributed by atoms with Crippen LogP contribution in [0.3, 0.4) is 0 Å². The molecular formula is C10H14O. The predicted molar refractivity (Wildman–Crippen MR) is 47.2 cm³/mol. The van der Waals surface area contributed by atoms with Crippen molar-refractivity contribution in [2.75, 3.05) is 6.61 Å². The van der Waals surface area contributed by atoms with E-state index in [1.165, 1.54) is 12.0 Å². The highest BCUT2D eigenvalue weighted by atomic mass is 16.5. The molecule has 0 radical (unpaired) electrons. The first kappa shape index (κ1) is 8.12. The Labute approximate surface area is 68.1 Å². The second kappa shape index (κ2) is 4.02. The molecule has 0 fully saturated rings. The topological polar surface area (TPSA) is 9.23 Å². The van der Waals surface area contributed by atoms with Crippen molar-refractivity contribution in [1.29, 1.82) is 0 Å². The molecule has 0 aromatic rings. The average Bonchev–Trinajstić information content (AvgIpc) is 1.99. The molecule has 0 aromatic carbocycles. The van der Waals surface area contributed by atoms with E-state index < -0.39 is 0 Å². The summed E-state index contributed by atoms with van der Waals surface area (Å²) >= 11 is 0. The molecule has 0 amide bonds. The number of allylic oxidation sites excluding steroid dienone is 3. The summed E-state index contributed by atoms with van der Waals surface area (Å²) in [6, 6.07) is 0. The van der Waals surface area contributed by atoms with Crippen LogP contribution in [-0.4, -0.2) is 6.61 Å². The van der Waals surface area contributed by atoms with Crippen molar-refractivity contribution in [2.45, 2.75) is 19.3 Å². The lowest BCUT2D eigenvalue weighted by Gasteiger charge is -2.22. The van der Waals surface area contributed by atoms with Gasteiger partial charge in [0, 0.05) is 6.42 Å². The second-order valence-corrected chi connectivity index (χ2v) is 2.62. The van der Waals surface area contributed by atoms with Crippen molar-refractivity contribution in [2.24, 2.45) is 0 Å². The standard InChI is InChI=1S/C10H14O/c1-3-5-9-6-7-10(9)11-8-4-2/h3-4H,1-2,5-8H2. The molecule has 0 atom stereocenters. The van der Waals surface area contributed by atoms with Gasteiger partial charge in [-0.2, -0.15) is 0 Å². The lowest BCUT2D eigenvalue weighted by molar-refractivity contribution is 0.213. The van der Waals surface area contributed by atoms with Gasteiger partial charge in [-0.3, -0.25) is 0 Å². The Hall–Kier alpha value is -0.980. The summed E-state index contributed by atoms with van der Waals surface area (Å²) in [7, 11) is 0. The fraction of sp³-hybridized carbons (Fsp3) is 0.400. The number of hydrogen-bond donors (Lipinski definition) is 0. The SMILES string of the molecule is C=CCOC1=C(CC=C)CC1. The quantitative estimate of drug-likeness (QED) is 0.547. The molecule has 0 saturated carbocycles. The monoisotopic (exact) mass is 150 g/mol. The van der Waals surface area contributed by atoms with Gasteiger partial charge in [-0.15, -0.1) is 6.58 Å². The Morgan fingerprint density at radius 3 is 2.55 bits per heavy atom. The third kappa shape index (κ3) is 1.97. The Morgan fingerprint density at radius 2 is 2.09 bits per heavy atom. The van der Waals surface area contributed by atoms with Crippen molar-refractivity contribution >= 4 is 0 Å². The molecule has 0 aromatic heterocycles. The highest BCUT2D eigenvalue weighted by Gasteiger charge is 2.16. The molecule has 0 saturated heterocycles. The first-order valence-corrected chi connectivity index (χ1v) is 3.94. The van der Waals surface area contributed by atoms with Crippen LogP contribution in [0.15, 0.2) is 36.6 Å². The summed E-state index contributed by atoms with van der Waals surface area (Å²) in [6.07, 6.45) is 6.95. The van der Waals surface area contributed by atoms with Crippen LogP contribution in [0.5, 0.6) is 0 Å². The summed E-state index contributed by atoms with van der Waals surface area (Å²) in [5.74, 6) is 1.16. The van der Waals surface area contributed by atoms with E-state index >= 15 is 0 Å². The second-order valence-electron chi connectivity index (χ2n) is 2.62. The minimum atomic E-state index is 0.635. The van der Waals surface area contributed by atoms with Crippen LogP contribution in [0, 0.1) is 0 Å². The molecule has 1 heteroatoms. The molecule has 11 heavy (non-hydrogen) atoms. The highest BCUT2D eigenvalue weighted by Crippen LogP contribution is 2.31. The molecule has 0 unspecified atom stereocenters. The van der Waals surface area contributed by atoms with Crippen molar-refractivity contribution in [1.82, 2.24) is 0 Å². The van der Waals surface area contributed by atoms with E-state index in [1.54, 1.807) is 6.08 Å². The zero-order chi connectivity index (χ0) is 8.10. The maximum absolute atomic E-state index is 5.41. The molecule has 0 aliphatic heterocycles.